The second-order valence-corrected chi connectivity index (χ2v) is 4.85. The van der Waals surface area contributed by atoms with Crippen LogP contribution in [0.4, 0.5) is 5.69 Å². The molecule has 2 aromatic rings. The predicted molar refractivity (Wildman–Crippen MR) is 86.2 cm³/mol. The summed E-state index contributed by atoms with van der Waals surface area (Å²) in [7, 11) is 3.01. The average Bonchev–Trinajstić information content (AvgIpc) is 3.11. The lowest BCUT2D eigenvalue weighted by atomic mass is 10.2. The van der Waals surface area contributed by atoms with Gasteiger partial charge in [0.05, 0.1) is 32.6 Å². The maximum absolute atomic E-state index is 11.9. The van der Waals surface area contributed by atoms with Crippen LogP contribution < -0.4 is 14.8 Å². The molecule has 1 heterocycles. The van der Waals surface area contributed by atoms with E-state index in [4.69, 9.17) is 18.6 Å². The van der Waals surface area contributed by atoms with Gasteiger partial charge in [0, 0.05) is 12.5 Å². The first kappa shape index (κ1) is 17.4. The summed E-state index contributed by atoms with van der Waals surface area (Å²) in [5.41, 5.74) is 0.438. The van der Waals surface area contributed by atoms with E-state index in [9.17, 15) is 9.59 Å². The van der Waals surface area contributed by atoms with Crippen LogP contribution >= 0.6 is 0 Å². The Labute approximate surface area is 139 Å². The number of nitrogens with one attached hydrogen (secondary N) is 1. The number of esters is 1. The van der Waals surface area contributed by atoms with Gasteiger partial charge in [0.15, 0.2) is 6.61 Å². The van der Waals surface area contributed by atoms with Crippen molar-refractivity contribution in [3.63, 3.8) is 0 Å². The van der Waals surface area contributed by atoms with Crippen LogP contribution in [0.3, 0.4) is 0 Å². The number of carbonyl (C=O) groups excluding carboxylic acids is 2. The third-order valence-corrected chi connectivity index (χ3v) is 3.20. The molecule has 1 N–H and O–H groups in total. The minimum absolute atomic E-state index is 0.142. The first-order valence-electron chi connectivity index (χ1n) is 7.32. The van der Waals surface area contributed by atoms with E-state index < -0.39 is 11.9 Å². The lowest BCUT2D eigenvalue weighted by molar-refractivity contribution is -0.147. The Hall–Kier alpha value is -2.96. The van der Waals surface area contributed by atoms with Crippen molar-refractivity contribution in [2.45, 2.75) is 12.8 Å². The lowest BCUT2D eigenvalue weighted by Gasteiger charge is -2.11. The van der Waals surface area contributed by atoms with Gasteiger partial charge in [-0.1, -0.05) is 0 Å². The Morgan fingerprint density at radius 1 is 1.17 bits per heavy atom. The highest BCUT2D eigenvalue weighted by Gasteiger charge is 2.12. The molecule has 2 rings (SSSR count). The Morgan fingerprint density at radius 2 is 2.00 bits per heavy atom. The van der Waals surface area contributed by atoms with Crippen molar-refractivity contribution >= 4 is 17.6 Å². The zero-order valence-corrected chi connectivity index (χ0v) is 13.5. The van der Waals surface area contributed by atoms with Crippen LogP contribution in [0.25, 0.3) is 0 Å². The van der Waals surface area contributed by atoms with Gasteiger partial charge < -0.3 is 23.9 Å². The van der Waals surface area contributed by atoms with Gasteiger partial charge in [-0.3, -0.25) is 9.59 Å². The van der Waals surface area contributed by atoms with Crippen molar-refractivity contribution in [2.75, 3.05) is 26.1 Å². The molecule has 7 heteroatoms. The number of furan rings is 1. The topological polar surface area (TPSA) is 87.0 Å². The molecule has 7 nitrogen and oxygen atoms in total. The zero-order chi connectivity index (χ0) is 17.4. The van der Waals surface area contributed by atoms with E-state index in [0.29, 0.717) is 29.4 Å². The quantitative estimate of drug-likeness (QED) is 0.747. The molecule has 128 valence electrons. The fraction of sp³-hybridized carbons (Fsp3) is 0.294. The highest BCUT2D eigenvalue weighted by Crippen LogP contribution is 2.28. The zero-order valence-electron chi connectivity index (χ0n) is 13.5. The number of aryl methyl sites for hydroxylation is 1. The molecule has 0 aliphatic heterocycles. The normalized spacial score (nSPS) is 10.1. The van der Waals surface area contributed by atoms with E-state index in [-0.39, 0.29) is 13.0 Å². The molecule has 0 saturated heterocycles. The summed E-state index contributed by atoms with van der Waals surface area (Å²) < 4.78 is 20.3. The summed E-state index contributed by atoms with van der Waals surface area (Å²) in [6.07, 6.45) is 2.11. The number of hydrogen-bond acceptors (Lipinski definition) is 6. The number of rotatable bonds is 8. The number of amides is 1. The molecule has 0 unspecified atom stereocenters. The van der Waals surface area contributed by atoms with Crippen molar-refractivity contribution in [3.8, 4) is 11.5 Å². The van der Waals surface area contributed by atoms with Gasteiger partial charge in [-0.25, -0.2) is 0 Å². The van der Waals surface area contributed by atoms with Gasteiger partial charge in [0.25, 0.3) is 5.91 Å². The molecule has 0 radical (unpaired) electrons. The van der Waals surface area contributed by atoms with E-state index in [1.165, 1.54) is 20.5 Å². The summed E-state index contributed by atoms with van der Waals surface area (Å²) in [5, 5.41) is 2.62. The monoisotopic (exact) mass is 333 g/mol. The Balaban J connectivity index is 1.81. The first-order chi connectivity index (χ1) is 11.6. The Morgan fingerprint density at radius 3 is 2.67 bits per heavy atom. The molecule has 0 spiro atoms. The van der Waals surface area contributed by atoms with Crippen LogP contribution in [0.5, 0.6) is 11.5 Å². The van der Waals surface area contributed by atoms with Gasteiger partial charge in [-0.05, 0) is 24.3 Å². The largest absolute Gasteiger partial charge is 0.497 e. The van der Waals surface area contributed by atoms with Gasteiger partial charge in [-0.15, -0.1) is 0 Å². The van der Waals surface area contributed by atoms with E-state index in [1.54, 1.807) is 30.3 Å². The van der Waals surface area contributed by atoms with Crippen molar-refractivity contribution < 1.29 is 28.2 Å². The van der Waals surface area contributed by atoms with Crippen LogP contribution in [-0.4, -0.2) is 32.7 Å². The van der Waals surface area contributed by atoms with E-state index in [1.807, 2.05) is 0 Å². The number of methoxy groups -OCH3 is 2. The van der Waals surface area contributed by atoms with Crippen molar-refractivity contribution in [1.82, 2.24) is 0 Å². The number of carbonyl (C=O) groups is 2. The molecular weight excluding hydrogens is 314 g/mol. The van der Waals surface area contributed by atoms with Crippen LogP contribution in [0.15, 0.2) is 41.0 Å². The molecule has 1 amide bonds. The van der Waals surface area contributed by atoms with Crippen molar-refractivity contribution in [3.05, 3.63) is 42.4 Å². The van der Waals surface area contributed by atoms with Gasteiger partial charge in [0.1, 0.15) is 17.3 Å². The number of hydrogen-bond donors (Lipinski definition) is 1. The molecule has 0 saturated carbocycles. The number of ether oxygens (including phenoxy) is 3. The Bertz CT molecular complexity index is 680. The number of benzene rings is 1. The van der Waals surface area contributed by atoms with E-state index in [0.717, 1.165) is 0 Å². The second-order valence-electron chi connectivity index (χ2n) is 4.85. The molecule has 1 aromatic carbocycles. The number of anilines is 1. The molecule has 0 fully saturated rings. The summed E-state index contributed by atoms with van der Waals surface area (Å²) in [6.45, 7) is -0.378. The van der Waals surface area contributed by atoms with Crippen LogP contribution in [0, 0.1) is 0 Å². The van der Waals surface area contributed by atoms with Crippen LogP contribution in [0.1, 0.15) is 12.2 Å². The molecule has 0 aliphatic rings. The summed E-state index contributed by atoms with van der Waals surface area (Å²) in [6, 6.07) is 8.52. The highest BCUT2D eigenvalue weighted by atomic mass is 16.5. The van der Waals surface area contributed by atoms with E-state index >= 15 is 0 Å². The lowest BCUT2D eigenvalue weighted by Crippen LogP contribution is -2.21. The third-order valence-electron chi connectivity index (χ3n) is 3.20. The molecule has 24 heavy (non-hydrogen) atoms. The van der Waals surface area contributed by atoms with Gasteiger partial charge in [0.2, 0.25) is 0 Å². The maximum Gasteiger partial charge on any atom is 0.306 e. The summed E-state index contributed by atoms with van der Waals surface area (Å²) >= 11 is 0. The van der Waals surface area contributed by atoms with Crippen LogP contribution in [0.2, 0.25) is 0 Å². The molecule has 0 aliphatic carbocycles. The minimum atomic E-state index is -0.473. The second kappa shape index (κ2) is 8.61. The maximum atomic E-state index is 11.9. The standard InChI is InChI=1S/C17H19NO6/c1-21-13-5-7-15(22-2)14(10-13)18-16(19)11-24-17(20)8-6-12-4-3-9-23-12/h3-5,7,9-10H,6,8,11H2,1-2H3,(H,18,19). The van der Waals surface area contributed by atoms with Crippen LogP contribution in [-0.2, 0) is 20.7 Å². The molecule has 0 atom stereocenters. The van der Waals surface area contributed by atoms with Gasteiger partial charge in [-0.2, -0.15) is 0 Å². The van der Waals surface area contributed by atoms with Gasteiger partial charge >= 0.3 is 5.97 Å². The van der Waals surface area contributed by atoms with Crippen molar-refractivity contribution in [1.29, 1.82) is 0 Å². The molecule has 1 aromatic heterocycles. The SMILES string of the molecule is COc1ccc(OC)c(NC(=O)COC(=O)CCc2ccco2)c1. The smallest absolute Gasteiger partial charge is 0.306 e. The summed E-state index contributed by atoms with van der Waals surface area (Å²) in [4.78, 5) is 23.5. The molecule has 0 bridgehead atoms. The fourth-order valence-electron chi connectivity index (χ4n) is 2.00. The molecular formula is C17H19NO6. The fourth-order valence-corrected chi connectivity index (χ4v) is 2.00. The summed E-state index contributed by atoms with van der Waals surface area (Å²) in [5.74, 6) is 0.805. The average molecular weight is 333 g/mol. The highest BCUT2D eigenvalue weighted by molar-refractivity contribution is 5.94. The minimum Gasteiger partial charge on any atom is -0.497 e. The Kier molecular flexibility index (Phi) is 6.24. The first-order valence-corrected chi connectivity index (χ1v) is 7.32. The third kappa shape index (κ3) is 5.05. The van der Waals surface area contributed by atoms with E-state index in [2.05, 4.69) is 5.32 Å². The van der Waals surface area contributed by atoms with Crippen molar-refractivity contribution in [2.24, 2.45) is 0 Å². The predicted octanol–water partition coefficient (Wildman–Crippen LogP) is 2.41.